The van der Waals surface area contributed by atoms with Gasteiger partial charge in [-0.05, 0) is 59.8 Å². The van der Waals surface area contributed by atoms with Crippen molar-refractivity contribution in [1.29, 1.82) is 0 Å². The van der Waals surface area contributed by atoms with Gasteiger partial charge in [-0.1, -0.05) is 13.8 Å². The average Bonchev–Trinajstić information content (AvgIpc) is 2.47. The lowest BCUT2D eigenvalue weighted by Crippen LogP contribution is -2.48. The highest BCUT2D eigenvalue weighted by molar-refractivity contribution is 9.10. The Bertz CT molecular complexity index is 517. The molecule has 116 valence electrons. The summed E-state index contributed by atoms with van der Waals surface area (Å²) < 4.78 is 19.5. The predicted molar refractivity (Wildman–Crippen MR) is 83.9 cm³/mol. The third-order valence-electron chi connectivity index (χ3n) is 4.29. The molecule has 21 heavy (non-hydrogen) atoms. The maximum atomic E-state index is 13.1. The highest BCUT2D eigenvalue weighted by atomic mass is 79.9. The number of ether oxygens (including phenoxy) is 1. The zero-order chi connectivity index (χ0) is 15.5. The molecule has 0 bridgehead atoms. The van der Waals surface area contributed by atoms with E-state index in [1.165, 1.54) is 18.2 Å². The summed E-state index contributed by atoms with van der Waals surface area (Å²) in [6, 6.07) is 4.21. The molecule has 3 nitrogen and oxygen atoms in total. The summed E-state index contributed by atoms with van der Waals surface area (Å²) in [6.45, 7) is 4.89. The monoisotopic (exact) mass is 357 g/mol. The van der Waals surface area contributed by atoms with E-state index in [0.717, 1.165) is 25.7 Å². The Morgan fingerprint density at radius 3 is 2.81 bits per heavy atom. The van der Waals surface area contributed by atoms with Gasteiger partial charge in [0.1, 0.15) is 5.82 Å². The van der Waals surface area contributed by atoms with Crippen LogP contribution in [0.25, 0.3) is 0 Å². The number of rotatable bonds is 4. The molecule has 2 rings (SSSR count). The van der Waals surface area contributed by atoms with E-state index >= 15 is 0 Å². The van der Waals surface area contributed by atoms with Gasteiger partial charge < -0.3 is 10.1 Å². The van der Waals surface area contributed by atoms with Gasteiger partial charge in [0.25, 0.3) is 5.91 Å². The molecule has 0 aromatic heterocycles. The molecule has 0 saturated carbocycles. The van der Waals surface area contributed by atoms with Crippen molar-refractivity contribution in [3.63, 3.8) is 0 Å². The molecule has 1 fully saturated rings. The Hall–Kier alpha value is -0.940. The molecule has 1 saturated heterocycles. The first-order valence-electron chi connectivity index (χ1n) is 7.39. The van der Waals surface area contributed by atoms with Crippen molar-refractivity contribution < 1.29 is 13.9 Å². The van der Waals surface area contributed by atoms with Crippen LogP contribution in [0.3, 0.4) is 0 Å². The van der Waals surface area contributed by atoms with Crippen molar-refractivity contribution >= 4 is 21.8 Å². The lowest BCUT2D eigenvalue weighted by Gasteiger charge is -2.40. The van der Waals surface area contributed by atoms with E-state index < -0.39 is 0 Å². The normalized spacial score (nSPS) is 21.0. The van der Waals surface area contributed by atoms with Crippen LogP contribution in [0.1, 0.15) is 49.9 Å². The molecule has 1 aromatic rings. The molecule has 0 aliphatic carbocycles. The SMILES string of the molecule is CCC1(CC)CC(NC(=O)c2ccc(F)cc2Br)CCO1. The van der Waals surface area contributed by atoms with E-state index in [2.05, 4.69) is 35.1 Å². The number of hydrogen-bond donors (Lipinski definition) is 1. The molecule has 1 unspecified atom stereocenters. The lowest BCUT2D eigenvalue weighted by molar-refractivity contribution is -0.0917. The molecule has 1 aliphatic heterocycles. The van der Waals surface area contributed by atoms with Crippen molar-refractivity contribution in [2.24, 2.45) is 0 Å². The largest absolute Gasteiger partial charge is 0.375 e. The minimum absolute atomic E-state index is 0.100. The molecular formula is C16H21BrFNO2. The smallest absolute Gasteiger partial charge is 0.252 e. The van der Waals surface area contributed by atoms with E-state index in [1.54, 1.807) is 0 Å². The Kier molecular flexibility index (Phi) is 5.38. The zero-order valence-corrected chi connectivity index (χ0v) is 14.0. The second-order valence-corrected chi connectivity index (χ2v) is 6.38. The van der Waals surface area contributed by atoms with Gasteiger partial charge in [0.05, 0.1) is 11.2 Å². The van der Waals surface area contributed by atoms with E-state index in [0.29, 0.717) is 16.6 Å². The average molecular weight is 358 g/mol. The zero-order valence-electron chi connectivity index (χ0n) is 12.4. The van der Waals surface area contributed by atoms with Crippen LogP contribution >= 0.6 is 15.9 Å². The molecule has 1 aliphatic rings. The standard InChI is InChI=1S/C16H21BrFNO2/c1-3-16(4-2)10-12(7-8-21-16)19-15(20)13-6-5-11(18)9-14(13)17/h5-6,9,12H,3-4,7-8,10H2,1-2H3,(H,19,20). The van der Waals surface area contributed by atoms with Crippen LogP contribution in [-0.4, -0.2) is 24.2 Å². The van der Waals surface area contributed by atoms with Crippen LogP contribution in [-0.2, 0) is 4.74 Å². The fourth-order valence-corrected chi connectivity index (χ4v) is 3.36. The summed E-state index contributed by atoms with van der Waals surface area (Å²) in [7, 11) is 0. The van der Waals surface area contributed by atoms with Crippen molar-refractivity contribution in [2.45, 2.75) is 51.2 Å². The number of benzene rings is 1. The van der Waals surface area contributed by atoms with Gasteiger partial charge in [-0.2, -0.15) is 0 Å². The minimum atomic E-state index is -0.361. The summed E-state index contributed by atoms with van der Waals surface area (Å²) in [5.74, 6) is -0.532. The number of carbonyl (C=O) groups is 1. The molecule has 5 heteroatoms. The number of carbonyl (C=O) groups excluding carboxylic acids is 1. The van der Waals surface area contributed by atoms with Crippen LogP contribution in [0.5, 0.6) is 0 Å². The summed E-state index contributed by atoms with van der Waals surface area (Å²) in [6.07, 6.45) is 3.52. The van der Waals surface area contributed by atoms with Crippen molar-refractivity contribution in [2.75, 3.05) is 6.61 Å². The van der Waals surface area contributed by atoms with Crippen LogP contribution in [0.4, 0.5) is 4.39 Å². The van der Waals surface area contributed by atoms with Gasteiger partial charge in [-0.25, -0.2) is 4.39 Å². The van der Waals surface area contributed by atoms with E-state index in [4.69, 9.17) is 4.74 Å². The molecule has 1 atom stereocenters. The van der Waals surface area contributed by atoms with E-state index in [1.807, 2.05) is 0 Å². The molecule has 1 aromatic carbocycles. The fraction of sp³-hybridized carbons (Fsp3) is 0.562. The predicted octanol–water partition coefficient (Wildman–Crippen LogP) is 4.06. The van der Waals surface area contributed by atoms with Crippen LogP contribution in [0, 0.1) is 5.82 Å². The van der Waals surface area contributed by atoms with E-state index in [-0.39, 0.29) is 23.4 Å². The van der Waals surface area contributed by atoms with Gasteiger partial charge in [0, 0.05) is 17.1 Å². The highest BCUT2D eigenvalue weighted by Gasteiger charge is 2.35. The highest BCUT2D eigenvalue weighted by Crippen LogP contribution is 2.31. The van der Waals surface area contributed by atoms with Crippen molar-refractivity contribution in [3.8, 4) is 0 Å². The van der Waals surface area contributed by atoms with Crippen LogP contribution < -0.4 is 5.32 Å². The minimum Gasteiger partial charge on any atom is -0.375 e. The van der Waals surface area contributed by atoms with Crippen LogP contribution in [0.2, 0.25) is 0 Å². The van der Waals surface area contributed by atoms with E-state index in [9.17, 15) is 9.18 Å². The Labute approximate surface area is 133 Å². The summed E-state index contributed by atoms with van der Waals surface area (Å²) >= 11 is 3.24. The molecular weight excluding hydrogens is 337 g/mol. The van der Waals surface area contributed by atoms with Crippen molar-refractivity contribution in [3.05, 3.63) is 34.1 Å². The molecule has 0 radical (unpaired) electrons. The number of amides is 1. The van der Waals surface area contributed by atoms with Gasteiger partial charge >= 0.3 is 0 Å². The Balaban J connectivity index is 2.05. The van der Waals surface area contributed by atoms with Crippen LogP contribution in [0.15, 0.2) is 22.7 Å². The number of nitrogens with one attached hydrogen (secondary N) is 1. The second-order valence-electron chi connectivity index (χ2n) is 5.53. The number of halogens is 2. The fourth-order valence-electron chi connectivity index (χ4n) is 2.83. The van der Waals surface area contributed by atoms with Gasteiger partial charge in [0.15, 0.2) is 0 Å². The first-order chi connectivity index (χ1) is 9.99. The summed E-state index contributed by atoms with van der Waals surface area (Å²) in [5, 5.41) is 3.05. The third kappa shape index (κ3) is 3.83. The van der Waals surface area contributed by atoms with Gasteiger partial charge in [-0.15, -0.1) is 0 Å². The first kappa shape index (κ1) is 16.4. The lowest BCUT2D eigenvalue weighted by atomic mass is 9.86. The quantitative estimate of drug-likeness (QED) is 0.882. The summed E-state index contributed by atoms with van der Waals surface area (Å²) in [4.78, 5) is 12.3. The first-order valence-corrected chi connectivity index (χ1v) is 8.19. The maximum Gasteiger partial charge on any atom is 0.252 e. The molecule has 0 spiro atoms. The van der Waals surface area contributed by atoms with Gasteiger partial charge in [-0.3, -0.25) is 4.79 Å². The van der Waals surface area contributed by atoms with Crippen molar-refractivity contribution in [1.82, 2.24) is 5.32 Å². The third-order valence-corrected chi connectivity index (χ3v) is 4.95. The summed E-state index contributed by atoms with van der Waals surface area (Å²) in [5.41, 5.74) is 0.331. The molecule has 1 N–H and O–H groups in total. The topological polar surface area (TPSA) is 38.3 Å². The number of hydrogen-bond acceptors (Lipinski definition) is 2. The Morgan fingerprint density at radius 1 is 1.48 bits per heavy atom. The maximum absolute atomic E-state index is 13.1. The Morgan fingerprint density at radius 2 is 2.19 bits per heavy atom. The molecule has 1 amide bonds. The molecule has 1 heterocycles. The second kappa shape index (κ2) is 6.88. The van der Waals surface area contributed by atoms with Gasteiger partial charge in [0.2, 0.25) is 0 Å².